The summed E-state index contributed by atoms with van der Waals surface area (Å²) in [6.07, 6.45) is 1.83. The molecule has 0 unspecified atom stereocenters. The van der Waals surface area contributed by atoms with Gasteiger partial charge >= 0.3 is 0 Å². The predicted octanol–water partition coefficient (Wildman–Crippen LogP) is 5.71. The van der Waals surface area contributed by atoms with Gasteiger partial charge in [0.25, 0.3) is 0 Å². The molecule has 0 saturated carbocycles. The Morgan fingerprint density at radius 2 is 1.52 bits per heavy atom. The van der Waals surface area contributed by atoms with Gasteiger partial charge in [0.1, 0.15) is 11.5 Å². The highest BCUT2D eigenvalue weighted by Gasteiger charge is 2.19. The number of hydrogen-bond acceptors (Lipinski definition) is 4. The predicted molar refractivity (Wildman–Crippen MR) is 120 cm³/mol. The topological polar surface area (TPSA) is 49.2 Å². The molecule has 0 N–H and O–H groups in total. The van der Waals surface area contributed by atoms with Crippen LogP contribution in [0.4, 0.5) is 4.39 Å². The molecule has 0 spiro atoms. The average Bonchev–Trinajstić information content (AvgIpc) is 3.19. The molecular formula is C25H20FN3O2. The first-order chi connectivity index (χ1) is 15.1. The van der Waals surface area contributed by atoms with Gasteiger partial charge < -0.3 is 9.47 Å². The number of fused-ring (bicyclic) bond motifs is 3. The monoisotopic (exact) mass is 413 g/mol. The molecule has 2 aromatic heterocycles. The molecule has 0 aliphatic heterocycles. The Kier molecular flexibility index (Phi) is 4.55. The van der Waals surface area contributed by atoms with E-state index in [-0.39, 0.29) is 5.82 Å². The molecule has 0 aliphatic rings. The number of rotatable bonds is 4. The summed E-state index contributed by atoms with van der Waals surface area (Å²) >= 11 is 0. The summed E-state index contributed by atoms with van der Waals surface area (Å²) in [4.78, 5) is 4.67. The molecule has 2 heterocycles. The lowest BCUT2D eigenvalue weighted by molar-refractivity contribution is 0.356. The second-order valence-corrected chi connectivity index (χ2v) is 7.35. The maximum atomic E-state index is 13.6. The number of pyridine rings is 1. The Hall–Kier alpha value is -3.93. The van der Waals surface area contributed by atoms with Gasteiger partial charge in [-0.2, -0.15) is 5.10 Å². The molecule has 0 saturated heterocycles. The standard InChI is InChI=1S/C25H20FN3O2/c1-15-4-6-16(7-5-15)24-20-14-27-21-13-23(31-3)22(30-2)12-19(21)25(20)29(28-24)18-10-8-17(26)9-11-18/h4-14H,1-3H3. The minimum Gasteiger partial charge on any atom is -0.493 e. The molecule has 0 bridgehead atoms. The summed E-state index contributed by atoms with van der Waals surface area (Å²) < 4.78 is 26.4. The molecule has 6 heteroatoms. The lowest BCUT2D eigenvalue weighted by atomic mass is 10.1. The van der Waals surface area contributed by atoms with Crippen molar-refractivity contribution in [3.8, 4) is 28.4 Å². The van der Waals surface area contributed by atoms with Crippen molar-refractivity contribution in [3.63, 3.8) is 0 Å². The van der Waals surface area contributed by atoms with Crippen LogP contribution in [0.1, 0.15) is 5.56 Å². The number of methoxy groups -OCH3 is 2. The second kappa shape index (κ2) is 7.40. The van der Waals surface area contributed by atoms with E-state index in [0.717, 1.165) is 38.8 Å². The number of nitrogens with zero attached hydrogens (tertiary/aromatic N) is 3. The Bertz CT molecular complexity index is 1410. The maximum absolute atomic E-state index is 13.6. The fourth-order valence-electron chi connectivity index (χ4n) is 3.80. The van der Waals surface area contributed by atoms with Crippen LogP contribution >= 0.6 is 0 Å². The average molecular weight is 413 g/mol. The first kappa shape index (κ1) is 19.1. The van der Waals surface area contributed by atoms with Gasteiger partial charge in [0.15, 0.2) is 11.5 Å². The van der Waals surface area contributed by atoms with E-state index in [1.807, 2.05) is 42.1 Å². The Morgan fingerprint density at radius 3 is 2.19 bits per heavy atom. The van der Waals surface area contributed by atoms with Gasteiger partial charge in [-0.1, -0.05) is 29.8 Å². The van der Waals surface area contributed by atoms with E-state index >= 15 is 0 Å². The summed E-state index contributed by atoms with van der Waals surface area (Å²) in [5.41, 5.74) is 5.34. The third-order valence-corrected chi connectivity index (χ3v) is 5.41. The Balaban J connectivity index is 1.89. The molecule has 3 aromatic carbocycles. The number of aryl methyl sites for hydroxylation is 1. The van der Waals surface area contributed by atoms with Gasteiger partial charge in [-0.25, -0.2) is 9.07 Å². The third kappa shape index (κ3) is 3.17. The van der Waals surface area contributed by atoms with Crippen molar-refractivity contribution in [1.29, 1.82) is 0 Å². The molecule has 5 aromatic rings. The zero-order valence-electron chi connectivity index (χ0n) is 17.4. The van der Waals surface area contributed by atoms with Gasteiger partial charge in [0.05, 0.1) is 30.9 Å². The van der Waals surface area contributed by atoms with Gasteiger partial charge in [-0.3, -0.25) is 4.98 Å². The minimum atomic E-state index is -0.295. The van der Waals surface area contributed by atoms with E-state index in [9.17, 15) is 4.39 Å². The van der Waals surface area contributed by atoms with E-state index < -0.39 is 0 Å². The van der Waals surface area contributed by atoms with E-state index in [2.05, 4.69) is 17.1 Å². The van der Waals surface area contributed by atoms with Crippen molar-refractivity contribution >= 4 is 21.8 Å². The van der Waals surface area contributed by atoms with Crippen LogP contribution in [0.5, 0.6) is 11.5 Å². The molecule has 0 aliphatic carbocycles. The van der Waals surface area contributed by atoms with Crippen molar-refractivity contribution in [1.82, 2.24) is 14.8 Å². The van der Waals surface area contributed by atoms with Crippen LogP contribution in [0, 0.1) is 12.7 Å². The normalized spacial score (nSPS) is 11.2. The van der Waals surface area contributed by atoms with Gasteiger partial charge in [-0.05, 0) is 37.3 Å². The van der Waals surface area contributed by atoms with E-state index in [0.29, 0.717) is 11.5 Å². The number of aromatic nitrogens is 3. The zero-order valence-corrected chi connectivity index (χ0v) is 17.4. The van der Waals surface area contributed by atoms with Crippen LogP contribution in [-0.2, 0) is 0 Å². The lowest BCUT2D eigenvalue weighted by Gasteiger charge is -2.11. The fourth-order valence-corrected chi connectivity index (χ4v) is 3.80. The van der Waals surface area contributed by atoms with Crippen LogP contribution < -0.4 is 9.47 Å². The zero-order chi connectivity index (χ0) is 21.5. The van der Waals surface area contributed by atoms with Crippen molar-refractivity contribution in [2.75, 3.05) is 14.2 Å². The van der Waals surface area contributed by atoms with E-state index in [1.165, 1.54) is 17.7 Å². The highest BCUT2D eigenvalue weighted by atomic mass is 19.1. The van der Waals surface area contributed by atoms with Crippen molar-refractivity contribution in [3.05, 3.63) is 78.2 Å². The Labute approximate surface area is 178 Å². The van der Waals surface area contributed by atoms with Gasteiger partial charge in [0.2, 0.25) is 0 Å². The molecule has 0 fully saturated rings. The number of ether oxygens (including phenoxy) is 2. The van der Waals surface area contributed by atoms with E-state index in [4.69, 9.17) is 14.6 Å². The van der Waals surface area contributed by atoms with Crippen LogP contribution in [0.15, 0.2) is 66.9 Å². The number of hydrogen-bond donors (Lipinski definition) is 0. The minimum absolute atomic E-state index is 0.295. The summed E-state index contributed by atoms with van der Waals surface area (Å²) in [6, 6.07) is 18.3. The lowest BCUT2D eigenvalue weighted by Crippen LogP contribution is -1.98. The van der Waals surface area contributed by atoms with Crippen molar-refractivity contribution < 1.29 is 13.9 Å². The summed E-state index contributed by atoms with van der Waals surface area (Å²) in [5.74, 6) is 0.915. The van der Waals surface area contributed by atoms with Crippen LogP contribution in [0.2, 0.25) is 0 Å². The number of halogens is 1. The summed E-state index contributed by atoms with van der Waals surface area (Å²) in [5, 5.41) is 6.68. The SMILES string of the molecule is COc1cc2ncc3c(-c4ccc(C)cc4)nn(-c4ccc(F)cc4)c3c2cc1OC. The largest absolute Gasteiger partial charge is 0.493 e. The molecule has 31 heavy (non-hydrogen) atoms. The summed E-state index contributed by atoms with van der Waals surface area (Å²) in [7, 11) is 3.20. The third-order valence-electron chi connectivity index (χ3n) is 5.41. The molecule has 0 amide bonds. The van der Waals surface area contributed by atoms with Crippen molar-refractivity contribution in [2.45, 2.75) is 6.92 Å². The molecule has 5 nitrogen and oxygen atoms in total. The molecule has 5 rings (SSSR count). The highest BCUT2D eigenvalue weighted by molar-refractivity contribution is 6.09. The van der Waals surface area contributed by atoms with Gasteiger partial charge in [0, 0.05) is 28.6 Å². The number of benzene rings is 3. The second-order valence-electron chi connectivity index (χ2n) is 7.35. The smallest absolute Gasteiger partial charge is 0.162 e. The van der Waals surface area contributed by atoms with Gasteiger partial charge in [-0.15, -0.1) is 0 Å². The fraction of sp³-hybridized carbons (Fsp3) is 0.120. The van der Waals surface area contributed by atoms with Crippen LogP contribution in [-0.4, -0.2) is 29.0 Å². The van der Waals surface area contributed by atoms with E-state index in [1.54, 1.807) is 26.4 Å². The van der Waals surface area contributed by atoms with Crippen LogP contribution in [0.3, 0.4) is 0 Å². The quantitative estimate of drug-likeness (QED) is 0.379. The summed E-state index contributed by atoms with van der Waals surface area (Å²) in [6.45, 7) is 2.05. The van der Waals surface area contributed by atoms with Crippen molar-refractivity contribution in [2.24, 2.45) is 0 Å². The van der Waals surface area contributed by atoms with Crippen LogP contribution in [0.25, 0.3) is 38.8 Å². The Morgan fingerprint density at radius 1 is 0.839 bits per heavy atom. The molecule has 0 atom stereocenters. The molecular weight excluding hydrogens is 393 g/mol. The maximum Gasteiger partial charge on any atom is 0.162 e. The highest BCUT2D eigenvalue weighted by Crippen LogP contribution is 2.38. The molecule has 154 valence electrons. The first-order valence-electron chi connectivity index (χ1n) is 9.85. The molecule has 0 radical (unpaired) electrons. The first-order valence-corrected chi connectivity index (χ1v) is 9.85.